The van der Waals surface area contributed by atoms with Crippen molar-refractivity contribution in [1.82, 2.24) is 15.6 Å². The minimum absolute atomic E-state index is 0.222. The molecule has 138 valence electrons. The van der Waals surface area contributed by atoms with Gasteiger partial charge in [-0.05, 0) is 46.7 Å². The van der Waals surface area contributed by atoms with Crippen LogP contribution in [0.3, 0.4) is 0 Å². The highest BCUT2D eigenvalue weighted by molar-refractivity contribution is 5.94. The molecule has 4 rings (SSSR count). The van der Waals surface area contributed by atoms with Crippen LogP contribution in [0, 0.1) is 0 Å². The van der Waals surface area contributed by atoms with E-state index in [0.717, 1.165) is 16.3 Å². The molecule has 0 fully saturated rings. The van der Waals surface area contributed by atoms with E-state index in [1.807, 2.05) is 42.5 Å². The number of nitrogens with one attached hydrogen (secondary N) is 2. The summed E-state index contributed by atoms with van der Waals surface area (Å²) in [6.45, 7) is 0. The van der Waals surface area contributed by atoms with Crippen LogP contribution in [-0.2, 0) is 0 Å². The van der Waals surface area contributed by atoms with Gasteiger partial charge in [0.25, 0.3) is 5.91 Å². The van der Waals surface area contributed by atoms with E-state index in [9.17, 15) is 15.0 Å². The molecule has 0 spiro atoms. The van der Waals surface area contributed by atoms with Crippen LogP contribution in [-0.4, -0.2) is 32.5 Å². The van der Waals surface area contributed by atoms with Gasteiger partial charge in [0.15, 0.2) is 11.5 Å². The van der Waals surface area contributed by atoms with Crippen molar-refractivity contribution in [1.29, 1.82) is 0 Å². The Hall–Kier alpha value is -4.13. The lowest BCUT2D eigenvalue weighted by Crippen LogP contribution is -2.17. The summed E-state index contributed by atoms with van der Waals surface area (Å²) in [5.74, 6) is -0.928. The molecule has 4 aromatic rings. The average molecular weight is 372 g/mol. The Bertz CT molecular complexity index is 1200. The molecule has 1 heterocycles. The van der Waals surface area contributed by atoms with E-state index in [2.05, 4.69) is 20.7 Å². The largest absolute Gasteiger partial charge is 0.504 e. The van der Waals surface area contributed by atoms with Crippen molar-refractivity contribution in [3.8, 4) is 22.8 Å². The molecule has 0 unspecified atom stereocenters. The molecule has 0 saturated heterocycles. The molecule has 28 heavy (non-hydrogen) atoms. The summed E-state index contributed by atoms with van der Waals surface area (Å²) in [7, 11) is 0. The van der Waals surface area contributed by atoms with Crippen LogP contribution < -0.4 is 5.43 Å². The van der Waals surface area contributed by atoms with Crippen LogP contribution in [0.15, 0.2) is 71.8 Å². The number of benzene rings is 3. The van der Waals surface area contributed by atoms with Crippen LogP contribution in [0.2, 0.25) is 0 Å². The van der Waals surface area contributed by atoms with E-state index in [1.54, 1.807) is 12.1 Å². The van der Waals surface area contributed by atoms with Crippen LogP contribution in [0.25, 0.3) is 22.0 Å². The number of carbonyl (C=O) groups is 1. The maximum Gasteiger partial charge on any atom is 0.289 e. The second-order valence-electron chi connectivity index (χ2n) is 6.18. The summed E-state index contributed by atoms with van der Waals surface area (Å²) < 4.78 is 0. The molecule has 7 heteroatoms. The molecule has 0 aliphatic carbocycles. The Morgan fingerprint density at radius 1 is 0.964 bits per heavy atom. The van der Waals surface area contributed by atoms with E-state index >= 15 is 0 Å². The van der Waals surface area contributed by atoms with Crippen molar-refractivity contribution >= 4 is 22.9 Å². The Labute approximate surface area is 160 Å². The highest BCUT2D eigenvalue weighted by atomic mass is 16.3. The molecule has 1 aromatic heterocycles. The molecular weight excluding hydrogens is 356 g/mol. The highest BCUT2D eigenvalue weighted by Gasteiger charge is 2.11. The van der Waals surface area contributed by atoms with E-state index < -0.39 is 5.91 Å². The molecule has 0 saturated carbocycles. The van der Waals surface area contributed by atoms with Gasteiger partial charge in [0.05, 0.1) is 11.9 Å². The number of rotatable bonds is 4. The SMILES string of the molecule is O=C(NN=Cc1ccc(O)c(O)c1)c1cc(-c2ccc3ccccc3c2)n[nH]1. The summed E-state index contributed by atoms with van der Waals surface area (Å²) in [4.78, 5) is 12.2. The van der Waals surface area contributed by atoms with Crippen molar-refractivity contribution in [3.63, 3.8) is 0 Å². The normalized spacial score (nSPS) is 11.1. The van der Waals surface area contributed by atoms with E-state index in [1.165, 1.54) is 18.3 Å². The minimum Gasteiger partial charge on any atom is -0.504 e. The monoisotopic (exact) mass is 372 g/mol. The lowest BCUT2D eigenvalue weighted by molar-refractivity contribution is 0.0950. The van der Waals surface area contributed by atoms with Gasteiger partial charge in [-0.2, -0.15) is 10.2 Å². The molecule has 7 nitrogen and oxygen atoms in total. The molecule has 3 aromatic carbocycles. The van der Waals surface area contributed by atoms with Crippen LogP contribution in [0.1, 0.15) is 16.1 Å². The molecule has 4 N–H and O–H groups in total. The van der Waals surface area contributed by atoms with E-state index in [-0.39, 0.29) is 17.2 Å². The van der Waals surface area contributed by atoms with Crippen molar-refractivity contribution in [2.24, 2.45) is 5.10 Å². The first-order chi connectivity index (χ1) is 13.6. The molecule has 0 bridgehead atoms. The van der Waals surface area contributed by atoms with Gasteiger partial charge in [0, 0.05) is 5.56 Å². The molecule has 0 atom stereocenters. The number of nitrogens with zero attached hydrogens (tertiary/aromatic N) is 2. The average Bonchev–Trinajstić information content (AvgIpc) is 3.20. The topological polar surface area (TPSA) is 111 Å². The zero-order valence-corrected chi connectivity index (χ0v) is 14.6. The minimum atomic E-state index is -0.446. The number of H-pyrrole nitrogens is 1. The van der Waals surface area contributed by atoms with Crippen molar-refractivity contribution in [3.05, 3.63) is 78.0 Å². The molecule has 1 amide bonds. The van der Waals surface area contributed by atoms with Gasteiger partial charge in [0.2, 0.25) is 0 Å². The maximum absolute atomic E-state index is 12.2. The summed E-state index contributed by atoms with van der Waals surface area (Å²) in [5, 5.41) is 31.7. The number of aromatic amines is 1. The molecular formula is C21H16N4O3. The number of aromatic hydroxyl groups is 2. The Morgan fingerprint density at radius 3 is 2.61 bits per heavy atom. The Kier molecular flexibility index (Phi) is 4.47. The number of hydrazone groups is 1. The number of fused-ring (bicyclic) bond motifs is 1. The van der Waals surface area contributed by atoms with Crippen molar-refractivity contribution in [2.45, 2.75) is 0 Å². The maximum atomic E-state index is 12.2. The molecule has 0 radical (unpaired) electrons. The van der Waals surface area contributed by atoms with Crippen molar-refractivity contribution in [2.75, 3.05) is 0 Å². The van der Waals surface area contributed by atoms with Gasteiger partial charge < -0.3 is 10.2 Å². The van der Waals surface area contributed by atoms with Gasteiger partial charge in [-0.25, -0.2) is 5.43 Å². The number of amides is 1. The first-order valence-electron chi connectivity index (χ1n) is 8.50. The third kappa shape index (κ3) is 3.54. The lowest BCUT2D eigenvalue weighted by Gasteiger charge is -2.00. The summed E-state index contributed by atoms with van der Waals surface area (Å²) in [6, 6.07) is 19.9. The second-order valence-corrected chi connectivity index (χ2v) is 6.18. The van der Waals surface area contributed by atoms with E-state index in [0.29, 0.717) is 11.3 Å². The number of phenols is 2. The van der Waals surface area contributed by atoms with Gasteiger partial charge in [0.1, 0.15) is 5.69 Å². The lowest BCUT2D eigenvalue weighted by atomic mass is 10.1. The number of carbonyl (C=O) groups excluding carboxylic acids is 1. The number of hydrogen-bond acceptors (Lipinski definition) is 5. The zero-order chi connectivity index (χ0) is 19.5. The fourth-order valence-corrected chi connectivity index (χ4v) is 2.78. The quantitative estimate of drug-likeness (QED) is 0.250. The van der Waals surface area contributed by atoms with Crippen LogP contribution in [0.4, 0.5) is 0 Å². The third-order valence-corrected chi connectivity index (χ3v) is 4.25. The predicted octanol–water partition coefficient (Wildman–Crippen LogP) is 3.41. The summed E-state index contributed by atoms with van der Waals surface area (Å²) in [5.41, 5.74) is 4.74. The van der Waals surface area contributed by atoms with Gasteiger partial charge in [-0.1, -0.05) is 36.4 Å². The number of aromatic nitrogens is 2. The fraction of sp³-hybridized carbons (Fsp3) is 0. The van der Waals surface area contributed by atoms with Gasteiger partial charge in [-0.15, -0.1) is 0 Å². The number of phenolic OH excluding ortho intramolecular Hbond substituents is 2. The molecule has 0 aliphatic rings. The Balaban J connectivity index is 1.47. The highest BCUT2D eigenvalue weighted by Crippen LogP contribution is 2.24. The fourth-order valence-electron chi connectivity index (χ4n) is 2.78. The van der Waals surface area contributed by atoms with Crippen LogP contribution >= 0.6 is 0 Å². The first-order valence-corrected chi connectivity index (χ1v) is 8.50. The first kappa shape index (κ1) is 17.3. The number of hydrogen-bond donors (Lipinski definition) is 4. The van der Waals surface area contributed by atoms with Gasteiger partial charge in [-0.3, -0.25) is 9.89 Å². The van der Waals surface area contributed by atoms with E-state index in [4.69, 9.17) is 0 Å². The smallest absolute Gasteiger partial charge is 0.289 e. The Morgan fingerprint density at radius 2 is 1.79 bits per heavy atom. The predicted molar refractivity (Wildman–Crippen MR) is 106 cm³/mol. The summed E-state index contributed by atoms with van der Waals surface area (Å²) in [6.07, 6.45) is 1.36. The van der Waals surface area contributed by atoms with Crippen molar-refractivity contribution < 1.29 is 15.0 Å². The van der Waals surface area contributed by atoms with Gasteiger partial charge >= 0.3 is 0 Å². The molecule has 0 aliphatic heterocycles. The summed E-state index contributed by atoms with van der Waals surface area (Å²) >= 11 is 0. The standard InChI is InChI=1S/C21H16N4O3/c26-19-8-5-13(9-20(19)27)12-22-25-21(28)18-11-17(23-24-18)16-7-6-14-3-1-2-4-15(14)10-16/h1-12,26-27H,(H,23,24)(H,25,28). The third-order valence-electron chi connectivity index (χ3n) is 4.25. The van der Waals surface area contributed by atoms with Crippen LogP contribution in [0.5, 0.6) is 11.5 Å². The second kappa shape index (κ2) is 7.24. The zero-order valence-electron chi connectivity index (χ0n) is 14.6.